The summed E-state index contributed by atoms with van der Waals surface area (Å²) in [5.74, 6) is 0.183. The number of rotatable bonds is 6. The summed E-state index contributed by atoms with van der Waals surface area (Å²) in [7, 11) is 1.55. The number of cyclic esters (lactones) is 1. The number of carbonyl (C=O) groups is 1. The van der Waals surface area contributed by atoms with Crippen molar-refractivity contribution in [1.82, 2.24) is 9.55 Å². The number of unbranched alkanes of at least 4 members (excludes halogenated alkanes) is 1. The van der Waals surface area contributed by atoms with Gasteiger partial charge in [-0.3, -0.25) is 0 Å². The highest BCUT2D eigenvalue weighted by Gasteiger charge is 2.29. The summed E-state index contributed by atoms with van der Waals surface area (Å²) in [4.78, 5) is 16.7. The second kappa shape index (κ2) is 6.36. The zero-order chi connectivity index (χ0) is 15.5. The van der Waals surface area contributed by atoms with Crippen LogP contribution in [0.3, 0.4) is 0 Å². The van der Waals surface area contributed by atoms with Crippen LogP contribution in [0.5, 0.6) is 0 Å². The molecule has 1 aliphatic heterocycles. The van der Waals surface area contributed by atoms with E-state index in [1.54, 1.807) is 23.0 Å². The first-order chi connectivity index (χ1) is 10.7. The Balaban J connectivity index is 1.96. The van der Waals surface area contributed by atoms with Crippen LogP contribution in [0, 0.1) is 0 Å². The maximum atomic E-state index is 12.0. The van der Waals surface area contributed by atoms with E-state index in [1.807, 2.05) is 18.3 Å². The van der Waals surface area contributed by atoms with Gasteiger partial charge < -0.3 is 14.0 Å². The third-order valence-corrected chi connectivity index (χ3v) is 4.50. The summed E-state index contributed by atoms with van der Waals surface area (Å²) >= 11 is 1.59. The molecule has 3 heterocycles. The van der Waals surface area contributed by atoms with Gasteiger partial charge in [-0.15, -0.1) is 11.3 Å². The number of esters is 1. The fourth-order valence-corrected chi connectivity index (χ4v) is 3.29. The van der Waals surface area contributed by atoms with Gasteiger partial charge in [-0.2, -0.15) is 0 Å². The molecule has 0 N–H and O–H groups in total. The highest BCUT2D eigenvalue weighted by Crippen LogP contribution is 2.30. The number of thiazole rings is 1. The van der Waals surface area contributed by atoms with Crippen molar-refractivity contribution in [1.29, 1.82) is 0 Å². The minimum Gasteiger partial charge on any atom is -0.495 e. The van der Waals surface area contributed by atoms with Gasteiger partial charge in [0.2, 0.25) is 0 Å². The van der Waals surface area contributed by atoms with Crippen LogP contribution in [-0.4, -0.2) is 29.2 Å². The number of aryl methyl sites for hydroxylation is 1. The normalized spacial score (nSPS) is 14.5. The van der Waals surface area contributed by atoms with Gasteiger partial charge in [0.1, 0.15) is 5.01 Å². The van der Waals surface area contributed by atoms with Gasteiger partial charge in [0.25, 0.3) is 0 Å². The lowest BCUT2D eigenvalue weighted by molar-refractivity contribution is -0.134. The zero-order valence-electron chi connectivity index (χ0n) is 12.7. The predicted molar refractivity (Wildman–Crippen MR) is 85.3 cm³/mol. The molecule has 0 fully saturated rings. The van der Waals surface area contributed by atoms with Crippen molar-refractivity contribution in [3.8, 4) is 10.7 Å². The molecule has 0 atom stereocenters. The first-order valence-electron chi connectivity index (χ1n) is 7.31. The lowest BCUT2D eigenvalue weighted by Crippen LogP contribution is -2.07. The van der Waals surface area contributed by atoms with Crippen LogP contribution >= 0.6 is 11.3 Å². The molecule has 116 valence electrons. The van der Waals surface area contributed by atoms with E-state index < -0.39 is 0 Å². The Kier molecular flexibility index (Phi) is 4.29. The Hall–Kier alpha value is -2.08. The summed E-state index contributed by atoms with van der Waals surface area (Å²) in [6, 6.07) is 3.85. The van der Waals surface area contributed by atoms with Gasteiger partial charge in [0, 0.05) is 11.6 Å². The van der Waals surface area contributed by atoms with Crippen molar-refractivity contribution in [2.45, 2.75) is 26.2 Å². The smallest absolute Gasteiger partial charge is 0.359 e. The SMILES string of the molecule is CCCCc1csc(-c2cccn2C2=C(OC)COC2=O)n1. The number of methoxy groups -OCH3 is 1. The molecule has 2 aromatic heterocycles. The first kappa shape index (κ1) is 14.8. The number of ether oxygens (including phenoxy) is 2. The molecule has 0 spiro atoms. The molecule has 0 radical (unpaired) electrons. The first-order valence-corrected chi connectivity index (χ1v) is 8.19. The molecule has 0 amide bonds. The molecular formula is C16H18N2O3S. The molecule has 6 heteroatoms. The van der Waals surface area contributed by atoms with E-state index in [4.69, 9.17) is 9.47 Å². The molecule has 0 saturated carbocycles. The quantitative estimate of drug-likeness (QED) is 0.767. The molecule has 1 aliphatic rings. The van der Waals surface area contributed by atoms with E-state index in [2.05, 4.69) is 17.3 Å². The van der Waals surface area contributed by atoms with Crippen molar-refractivity contribution in [2.75, 3.05) is 13.7 Å². The monoisotopic (exact) mass is 318 g/mol. The summed E-state index contributed by atoms with van der Waals surface area (Å²) in [6.07, 6.45) is 5.11. The van der Waals surface area contributed by atoms with Crippen LogP contribution in [0.25, 0.3) is 16.4 Å². The van der Waals surface area contributed by atoms with E-state index >= 15 is 0 Å². The van der Waals surface area contributed by atoms with Crippen LogP contribution in [0.4, 0.5) is 0 Å². The maximum absolute atomic E-state index is 12.0. The van der Waals surface area contributed by atoms with Gasteiger partial charge in [0.05, 0.1) is 18.5 Å². The number of nitrogens with zero attached hydrogens (tertiary/aromatic N) is 2. The molecule has 0 bridgehead atoms. The van der Waals surface area contributed by atoms with Crippen LogP contribution in [-0.2, 0) is 20.7 Å². The van der Waals surface area contributed by atoms with Gasteiger partial charge in [0.15, 0.2) is 18.1 Å². The second-order valence-electron chi connectivity index (χ2n) is 5.06. The molecular weight excluding hydrogens is 300 g/mol. The Bertz CT molecular complexity index is 715. The van der Waals surface area contributed by atoms with Crippen molar-refractivity contribution in [2.24, 2.45) is 0 Å². The summed E-state index contributed by atoms with van der Waals surface area (Å²) in [5.41, 5.74) is 2.42. The number of aromatic nitrogens is 2. The van der Waals surface area contributed by atoms with E-state index in [0.29, 0.717) is 11.5 Å². The van der Waals surface area contributed by atoms with Gasteiger partial charge in [-0.1, -0.05) is 13.3 Å². The largest absolute Gasteiger partial charge is 0.495 e. The van der Waals surface area contributed by atoms with Crippen molar-refractivity contribution in [3.05, 3.63) is 35.2 Å². The topological polar surface area (TPSA) is 53.4 Å². The summed E-state index contributed by atoms with van der Waals surface area (Å²) in [5, 5.41) is 2.99. The molecule has 0 unspecified atom stereocenters. The average molecular weight is 318 g/mol. The fraction of sp³-hybridized carbons (Fsp3) is 0.375. The van der Waals surface area contributed by atoms with Gasteiger partial charge in [-0.05, 0) is 25.0 Å². The lowest BCUT2D eigenvalue weighted by Gasteiger charge is -2.07. The van der Waals surface area contributed by atoms with Gasteiger partial charge >= 0.3 is 5.97 Å². The van der Waals surface area contributed by atoms with Crippen molar-refractivity contribution >= 4 is 23.0 Å². The summed E-state index contributed by atoms with van der Waals surface area (Å²) < 4.78 is 12.1. The zero-order valence-corrected chi connectivity index (χ0v) is 13.5. The van der Waals surface area contributed by atoms with E-state index in [9.17, 15) is 4.79 Å². The highest BCUT2D eigenvalue weighted by molar-refractivity contribution is 7.13. The molecule has 0 aromatic carbocycles. The highest BCUT2D eigenvalue weighted by atomic mass is 32.1. The number of hydrogen-bond donors (Lipinski definition) is 0. The predicted octanol–water partition coefficient (Wildman–Crippen LogP) is 3.33. The molecule has 0 aliphatic carbocycles. The van der Waals surface area contributed by atoms with E-state index in [-0.39, 0.29) is 12.6 Å². The van der Waals surface area contributed by atoms with Crippen LogP contribution in [0.15, 0.2) is 29.5 Å². The summed E-state index contributed by atoms with van der Waals surface area (Å²) in [6.45, 7) is 2.35. The third-order valence-electron chi connectivity index (χ3n) is 3.59. The minimum atomic E-state index is -0.364. The van der Waals surface area contributed by atoms with Gasteiger partial charge in [-0.25, -0.2) is 9.78 Å². The van der Waals surface area contributed by atoms with Crippen LogP contribution in [0.2, 0.25) is 0 Å². The maximum Gasteiger partial charge on any atom is 0.359 e. The Labute approximate surface area is 133 Å². The number of hydrogen-bond acceptors (Lipinski definition) is 5. The van der Waals surface area contributed by atoms with Crippen LogP contribution in [0.1, 0.15) is 25.5 Å². The second-order valence-corrected chi connectivity index (χ2v) is 5.92. The number of carbonyl (C=O) groups excluding carboxylic acids is 1. The average Bonchev–Trinajstić information content (AvgIpc) is 3.23. The van der Waals surface area contributed by atoms with Crippen molar-refractivity contribution in [3.63, 3.8) is 0 Å². The molecule has 22 heavy (non-hydrogen) atoms. The third kappa shape index (κ3) is 2.66. The Morgan fingerprint density at radius 1 is 1.50 bits per heavy atom. The fourth-order valence-electron chi connectivity index (χ4n) is 2.42. The standard InChI is InChI=1S/C16H18N2O3S/c1-3-4-6-11-10-22-15(17-11)12-7-5-8-18(12)14-13(20-2)9-21-16(14)19/h5,7-8,10H,3-4,6,9H2,1-2H3. The van der Waals surface area contributed by atoms with E-state index in [0.717, 1.165) is 35.7 Å². The molecule has 5 nitrogen and oxygen atoms in total. The van der Waals surface area contributed by atoms with Crippen molar-refractivity contribution < 1.29 is 14.3 Å². The molecule has 3 rings (SSSR count). The lowest BCUT2D eigenvalue weighted by atomic mass is 10.2. The van der Waals surface area contributed by atoms with Crippen LogP contribution < -0.4 is 0 Å². The minimum absolute atomic E-state index is 0.182. The molecule has 2 aromatic rings. The molecule has 0 saturated heterocycles. The Morgan fingerprint density at radius 3 is 3.14 bits per heavy atom. The van der Waals surface area contributed by atoms with E-state index in [1.165, 1.54) is 0 Å². The Morgan fingerprint density at radius 2 is 2.36 bits per heavy atom.